The maximum atomic E-state index is 14.0. The molecule has 0 spiro atoms. The van der Waals surface area contributed by atoms with Crippen molar-refractivity contribution >= 4 is 17.3 Å². The molecule has 3 aromatic carbocycles. The number of hydrogen-bond acceptors (Lipinski definition) is 4. The first-order valence-electron chi connectivity index (χ1n) is 9.49. The molecule has 1 amide bonds. The van der Waals surface area contributed by atoms with Gasteiger partial charge in [0.05, 0.1) is 30.4 Å². The van der Waals surface area contributed by atoms with Gasteiger partial charge in [-0.25, -0.2) is 0 Å². The van der Waals surface area contributed by atoms with E-state index < -0.39 is 10.3 Å². The van der Waals surface area contributed by atoms with E-state index in [1.54, 1.807) is 29.2 Å². The molecular weight excluding hydrogens is 380 g/mol. The summed E-state index contributed by atoms with van der Waals surface area (Å²) in [7, 11) is 1.48. The zero-order valence-corrected chi connectivity index (χ0v) is 16.4. The van der Waals surface area contributed by atoms with Gasteiger partial charge in [-0.15, -0.1) is 0 Å². The van der Waals surface area contributed by atoms with Gasteiger partial charge in [0.1, 0.15) is 5.41 Å². The Morgan fingerprint density at radius 1 is 0.967 bits per heavy atom. The van der Waals surface area contributed by atoms with Crippen LogP contribution >= 0.6 is 0 Å². The van der Waals surface area contributed by atoms with Gasteiger partial charge in [-0.05, 0) is 17.7 Å². The second kappa shape index (κ2) is 7.83. The molecule has 1 aliphatic rings. The van der Waals surface area contributed by atoms with Gasteiger partial charge in [0.15, 0.2) is 0 Å². The van der Waals surface area contributed by atoms with Gasteiger partial charge in [0.25, 0.3) is 5.69 Å². The van der Waals surface area contributed by atoms with Crippen molar-refractivity contribution in [1.29, 1.82) is 0 Å². The Hall–Kier alpha value is -3.93. The van der Waals surface area contributed by atoms with Crippen molar-refractivity contribution in [1.82, 2.24) is 0 Å². The molecule has 0 saturated carbocycles. The summed E-state index contributed by atoms with van der Waals surface area (Å²) in [5.41, 5.74) is 1.23. The fourth-order valence-electron chi connectivity index (χ4n) is 4.05. The molecule has 150 valence electrons. The number of nitro benzene ring substituents is 1. The van der Waals surface area contributed by atoms with Crippen LogP contribution in [-0.4, -0.2) is 17.9 Å². The van der Waals surface area contributed by atoms with Crippen LogP contribution in [0.1, 0.15) is 16.7 Å². The summed E-state index contributed by atoms with van der Waals surface area (Å²) in [6.45, 7) is 0.361. The summed E-state index contributed by atoms with van der Waals surface area (Å²) in [6, 6.07) is 23.4. The first-order chi connectivity index (χ1) is 14.6. The number of methoxy groups -OCH3 is 1. The highest BCUT2D eigenvalue weighted by atomic mass is 16.6. The number of rotatable bonds is 6. The molecule has 3 aromatic rings. The number of hydrogen-bond donors (Lipinski definition) is 0. The van der Waals surface area contributed by atoms with Crippen molar-refractivity contribution in [3.63, 3.8) is 0 Å². The summed E-state index contributed by atoms with van der Waals surface area (Å²) < 4.78 is 5.15. The van der Waals surface area contributed by atoms with Gasteiger partial charge in [-0.2, -0.15) is 0 Å². The van der Waals surface area contributed by atoms with Crippen LogP contribution in [-0.2, 0) is 21.5 Å². The lowest BCUT2D eigenvalue weighted by molar-refractivity contribution is -0.385. The van der Waals surface area contributed by atoms with Gasteiger partial charge in [-0.1, -0.05) is 66.7 Å². The lowest BCUT2D eigenvalue weighted by atomic mass is 9.74. The van der Waals surface area contributed by atoms with E-state index in [0.29, 0.717) is 17.7 Å². The van der Waals surface area contributed by atoms with Crippen molar-refractivity contribution < 1.29 is 14.5 Å². The lowest BCUT2D eigenvalue weighted by Gasteiger charge is -2.26. The molecule has 0 bridgehead atoms. The van der Waals surface area contributed by atoms with E-state index in [4.69, 9.17) is 4.74 Å². The van der Waals surface area contributed by atoms with E-state index in [0.717, 1.165) is 11.3 Å². The van der Waals surface area contributed by atoms with Crippen LogP contribution in [0.5, 0.6) is 0 Å². The highest BCUT2D eigenvalue weighted by molar-refractivity contribution is 6.12. The third kappa shape index (κ3) is 3.03. The van der Waals surface area contributed by atoms with Crippen LogP contribution in [0.15, 0.2) is 91.2 Å². The van der Waals surface area contributed by atoms with E-state index in [2.05, 4.69) is 0 Å². The van der Waals surface area contributed by atoms with Crippen molar-refractivity contribution in [2.75, 3.05) is 12.0 Å². The fraction of sp³-hybridized carbons (Fsp3) is 0.125. The third-order valence-corrected chi connectivity index (χ3v) is 5.37. The Balaban J connectivity index is 1.96. The van der Waals surface area contributed by atoms with Gasteiger partial charge in [0, 0.05) is 17.3 Å². The molecule has 1 atom stereocenters. The molecule has 0 radical (unpaired) electrons. The molecule has 1 heterocycles. The molecule has 6 heteroatoms. The number of amides is 1. The molecule has 0 N–H and O–H groups in total. The minimum Gasteiger partial charge on any atom is -0.505 e. The topological polar surface area (TPSA) is 72.7 Å². The van der Waals surface area contributed by atoms with Crippen LogP contribution in [0.2, 0.25) is 0 Å². The number of ether oxygens (including phenoxy) is 1. The predicted octanol–water partition coefficient (Wildman–Crippen LogP) is 4.59. The van der Waals surface area contributed by atoms with E-state index >= 15 is 0 Å². The Morgan fingerprint density at radius 2 is 1.60 bits per heavy atom. The van der Waals surface area contributed by atoms with Gasteiger partial charge in [-0.3, -0.25) is 14.9 Å². The number of para-hydroxylation sites is 2. The second-order valence-electron chi connectivity index (χ2n) is 7.01. The number of carbonyl (C=O) groups is 1. The Kier molecular flexibility index (Phi) is 5.06. The molecule has 0 aliphatic carbocycles. The second-order valence-corrected chi connectivity index (χ2v) is 7.01. The lowest BCUT2D eigenvalue weighted by Crippen LogP contribution is -2.40. The van der Waals surface area contributed by atoms with Gasteiger partial charge in [0.2, 0.25) is 5.91 Å². The number of fused-ring (bicyclic) bond motifs is 1. The Labute approximate surface area is 174 Å². The zero-order valence-electron chi connectivity index (χ0n) is 16.4. The molecule has 30 heavy (non-hydrogen) atoms. The summed E-state index contributed by atoms with van der Waals surface area (Å²) in [5.74, 6) is -0.254. The molecule has 0 saturated heterocycles. The van der Waals surface area contributed by atoms with E-state index in [1.165, 1.54) is 19.4 Å². The predicted molar refractivity (Wildman–Crippen MR) is 114 cm³/mol. The van der Waals surface area contributed by atoms with Crippen LogP contribution in [0.4, 0.5) is 11.4 Å². The summed E-state index contributed by atoms with van der Waals surface area (Å²) in [6.07, 6.45) is 3.03. The van der Waals surface area contributed by atoms with Gasteiger partial charge < -0.3 is 9.64 Å². The third-order valence-electron chi connectivity index (χ3n) is 5.37. The van der Waals surface area contributed by atoms with E-state index in [9.17, 15) is 14.9 Å². The summed E-state index contributed by atoms with van der Waals surface area (Å²) in [5, 5.41) is 11.8. The highest BCUT2D eigenvalue weighted by Gasteiger charge is 2.53. The van der Waals surface area contributed by atoms with Crippen molar-refractivity contribution in [2.45, 2.75) is 12.0 Å². The van der Waals surface area contributed by atoms with Crippen molar-refractivity contribution in [3.8, 4) is 0 Å². The zero-order chi connectivity index (χ0) is 21.1. The number of nitrogens with zero attached hydrogens (tertiary/aromatic N) is 2. The molecule has 6 nitrogen and oxygen atoms in total. The Bertz CT molecular complexity index is 1130. The normalized spacial score (nSPS) is 17.9. The maximum Gasteiger partial charge on any atom is 0.274 e. The minimum atomic E-state index is -1.36. The minimum absolute atomic E-state index is 0.108. The van der Waals surface area contributed by atoms with E-state index in [-0.39, 0.29) is 11.6 Å². The van der Waals surface area contributed by atoms with Crippen LogP contribution < -0.4 is 4.90 Å². The molecule has 0 fully saturated rings. The summed E-state index contributed by atoms with van der Waals surface area (Å²) >= 11 is 0. The molecule has 0 aromatic heterocycles. The standard InChI is InChI=1S/C24H20N2O4/c1-30-16-15-24(20-12-6-8-14-22(20)26(28)29)19-11-5-7-13-21(19)25(23(24)27)17-18-9-3-2-4-10-18/h2-16H,17H2,1H3/b16-15+/t24-/m1/s1. The maximum absolute atomic E-state index is 14.0. The largest absolute Gasteiger partial charge is 0.505 e. The molecular formula is C24H20N2O4. The van der Waals surface area contributed by atoms with Crippen LogP contribution in [0.25, 0.3) is 0 Å². The average Bonchev–Trinajstić information content (AvgIpc) is 3.01. The SMILES string of the molecule is CO/C=C/[C@@]1(c2ccccc2[N+](=O)[O-])C(=O)N(Cc2ccccc2)c2ccccc21. The van der Waals surface area contributed by atoms with Crippen LogP contribution in [0.3, 0.4) is 0 Å². The number of anilines is 1. The molecule has 1 aliphatic heterocycles. The van der Waals surface area contributed by atoms with E-state index in [1.807, 2.05) is 54.6 Å². The van der Waals surface area contributed by atoms with Crippen molar-refractivity contribution in [2.24, 2.45) is 0 Å². The smallest absolute Gasteiger partial charge is 0.274 e. The summed E-state index contributed by atoms with van der Waals surface area (Å²) in [4.78, 5) is 27.0. The number of nitro groups is 1. The first kappa shape index (κ1) is 19.4. The highest BCUT2D eigenvalue weighted by Crippen LogP contribution is 2.50. The monoisotopic (exact) mass is 400 g/mol. The fourth-order valence-corrected chi connectivity index (χ4v) is 4.05. The quantitative estimate of drug-likeness (QED) is 0.345. The molecule has 4 rings (SSSR count). The Morgan fingerprint density at radius 3 is 2.30 bits per heavy atom. The van der Waals surface area contributed by atoms with Crippen LogP contribution in [0, 0.1) is 10.1 Å². The number of carbonyl (C=O) groups excluding carboxylic acids is 1. The number of benzene rings is 3. The first-order valence-corrected chi connectivity index (χ1v) is 9.49. The van der Waals surface area contributed by atoms with Gasteiger partial charge >= 0.3 is 0 Å². The average molecular weight is 400 g/mol. The molecule has 0 unspecified atom stereocenters. The van der Waals surface area contributed by atoms with Crippen molar-refractivity contribution in [3.05, 3.63) is 118 Å².